The van der Waals surface area contributed by atoms with Gasteiger partial charge in [-0.05, 0) is 33.6 Å². The first-order chi connectivity index (χ1) is 8.08. The zero-order chi connectivity index (χ0) is 12.4. The second kappa shape index (κ2) is 4.97. The molecule has 0 unspecified atom stereocenters. The lowest BCUT2D eigenvalue weighted by molar-refractivity contribution is 0.0683. The molecule has 0 fully saturated rings. The Bertz CT molecular complexity index is 551. The normalized spacial score (nSPS) is 10.5. The third-order valence-electron chi connectivity index (χ3n) is 2.14. The second-order valence-corrected chi connectivity index (χ2v) is 4.98. The van der Waals surface area contributed by atoms with Crippen LogP contribution >= 0.6 is 31.9 Å². The van der Waals surface area contributed by atoms with Crippen LogP contribution in [-0.2, 0) is 6.54 Å². The largest absolute Gasteiger partial charge is 0.476 e. The maximum absolute atomic E-state index is 11.0. The van der Waals surface area contributed by atoms with E-state index in [0.29, 0.717) is 6.54 Å². The van der Waals surface area contributed by atoms with Crippen LogP contribution in [0.2, 0.25) is 0 Å². The fourth-order valence-electron chi connectivity index (χ4n) is 1.36. The highest BCUT2D eigenvalue weighted by Gasteiger charge is 2.17. The van der Waals surface area contributed by atoms with Gasteiger partial charge in [0.25, 0.3) is 0 Å². The van der Waals surface area contributed by atoms with E-state index in [1.54, 1.807) is 0 Å². The third-order valence-corrected chi connectivity index (χ3v) is 3.21. The molecule has 1 N–H and O–H groups in total. The second-order valence-electron chi connectivity index (χ2n) is 3.32. The summed E-state index contributed by atoms with van der Waals surface area (Å²) in [6, 6.07) is 7.57. The van der Waals surface area contributed by atoms with Crippen molar-refractivity contribution in [3.05, 3.63) is 44.6 Å². The Hall–Kier alpha value is -1.21. The van der Waals surface area contributed by atoms with Gasteiger partial charge in [-0.2, -0.15) is 0 Å². The molecule has 0 radical (unpaired) electrons. The Balaban J connectivity index is 2.30. The van der Waals surface area contributed by atoms with E-state index in [1.807, 2.05) is 24.3 Å². The topological polar surface area (TPSA) is 68.0 Å². The van der Waals surface area contributed by atoms with Crippen LogP contribution in [0.4, 0.5) is 0 Å². The van der Waals surface area contributed by atoms with Gasteiger partial charge in [-0.15, -0.1) is 5.10 Å². The Labute approximate surface area is 114 Å². The molecule has 1 aromatic heterocycles. The van der Waals surface area contributed by atoms with Gasteiger partial charge in [0.2, 0.25) is 0 Å². The van der Waals surface area contributed by atoms with E-state index in [2.05, 4.69) is 42.2 Å². The lowest BCUT2D eigenvalue weighted by atomic mass is 10.2. The van der Waals surface area contributed by atoms with Crippen molar-refractivity contribution in [1.29, 1.82) is 0 Å². The molecule has 17 heavy (non-hydrogen) atoms. The summed E-state index contributed by atoms with van der Waals surface area (Å²) in [7, 11) is 0. The minimum atomic E-state index is -1.06. The molecule has 5 nitrogen and oxygen atoms in total. The van der Waals surface area contributed by atoms with Crippen LogP contribution < -0.4 is 0 Å². The first kappa shape index (κ1) is 12.3. The molecule has 0 spiro atoms. The number of benzene rings is 1. The molecule has 0 aliphatic carbocycles. The van der Waals surface area contributed by atoms with Crippen molar-refractivity contribution in [2.24, 2.45) is 0 Å². The summed E-state index contributed by atoms with van der Waals surface area (Å²) >= 11 is 6.40. The number of carboxylic acids is 1. The Morgan fingerprint density at radius 3 is 2.53 bits per heavy atom. The molecular weight excluding hydrogens is 354 g/mol. The molecule has 0 aliphatic heterocycles. The minimum absolute atomic E-state index is 0.0490. The Morgan fingerprint density at radius 1 is 1.29 bits per heavy atom. The molecule has 0 saturated heterocycles. The van der Waals surface area contributed by atoms with Crippen LogP contribution in [-0.4, -0.2) is 26.1 Å². The summed E-state index contributed by atoms with van der Waals surface area (Å²) in [6.07, 6.45) is 0. The van der Waals surface area contributed by atoms with E-state index in [0.717, 1.165) is 10.0 Å². The number of hydrogen-bond donors (Lipinski definition) is 1. The van der Waals surface area contributed by atoms with Crippen molar-refractivity contribution in [1.82, 2.24) is 15.0 Å². The summed E-state index contributed by atoms with van der Waals surface area (Å²) in [5.74, 6) is -1.06. The number of halogens is 2. The SMILES string of the molecule is O=C(O)c1c(Br)nnn1Cc1ccc(Br)cc1. The zero-order valence-corrected chi connectivity index (χ0v) is 11.6. The van der Waals surface area contributed by atoms with E-state index >= 15 is 0 Å². The standard InChI is InChI=1S/C10H7Br2N3O2/c11-7-3-1-6(2-4-7)5-15-8(10(16)17)9(12)13-14-15/h1-4H,5H2,(H,16,17). The van der Waals surface area contributed by atoms with Gasteiger partial charge in [0, 0.05) is 4.47 Å². The highest BCUT2D eigenvalue weighted by Crippen LogP contribution is 2.16. The van der Waals surface area contributed by atoms with Crippen LogP contribution in [0.1, 0.15) is 16.1 Å². The maximum Gasteiger partial charge on any atom is 0.357 e. The highest BCUT2D eigenvalue weighted by molar-refractivity contribution is 9.10. The molecule has 0 saturated carbocycles. The fraction of sp³-hybridized carbons (Fsp3) is 0.100. The number of carboxylic acid groups (broad SMARTS) is 1. The van der Waals surface area contributed by atoms with E-state index in [4.69, 9.17) is 5.11 Å². The monoisotopic (exact) mass is 359 g/mol. The van der Waals surface area contributed by atoms with E-state index in [-0.39, 0.29) is 10.3 Å². The number of aromatic nitrogens is 3. The summed E-state index contributed by atoms with van der Waals surface area (Å²) in [5, 5.41) is 16.5. The Morgan fingerprint density at radius 2 is 1.94 bits per heavy atom. The number of carbonyl (C=O) groups is 1. The number of nitrogens with zero attached hydrogens (tertiary/aromatic N) is 3. The van der Waals surface area contributed by atoms with Crippen LogP contribution in [0.3, 0.4) is 0 Å². The molecule has 0 atom stereocenters. The first-order valence-electron chi connectivity index (χ1n) is 4.64. The van der Waals surface area contributed by atoms with Crippen molar-refractivity contribution >= 4 is 37.8 Å². The van der Waals surface area contributed by atoms with Gasteiger partial charge in [-0.25, -0.2) is 9.48 Å². The average Bonchev–Trinajstić information content (AvgIpc) is 2.63. The molecule has 0 aliphatic rings. The van der Waals surface area contributed by atoms with Crippen LogP contribution in [0.25, 0.3) is 0 Å². The van der Waals surface area contributed by atoms with Gasteiger partial charge in [0.15, 0.2) is 10.3 Å². The minimum Gasteiger partial charge on any atom is -0.476 e. The van der Waals surface area contributed by atoms with Gasteiger partial charge in [-0.3, -0.25) is 0 Å². The lowest BCUT2D eigenvalue weighted by Crippen LogP contribution is -2.11. The van der Waals surface area contributed by atoms with Crippen molar-refractivity contribution in [2.45, 2.75) is 6.54 Å². The lowest BCUT2D eigenvalue weighted by Gasteiger charge is -2.03. The first-order valence-corrected chi connectivity index (χ1v) is 6.23. The van der Waals surface area contributed by atoms with E-state index < -0.39 is 5.97 Å². The molecule has 2 aromatic rings. The molecule has 7 heteroatoms. The van der Waals surface area contributed by atoms with Crippen molar-refractivity contribution in [2.75, 3.05) is 0 Å². The smallest absolute Gasteiger partial charge is 0.357 e. The van der Waals surface area contributed by atoms with Crippen molar-refractivity contribution < 1.29 is 9.90 Å². The highest BCUT2D eigenvalue weighted by atomic mass is 79.9. The molecule has 1 heterocycles. The summed E-state index contributed by atoms with van der Waals surface area (Å²) < 4.78 is 2.55. The zero-order valence-electron chi connectivity index (χ0n) is 8.47. The van der Waals surface area contributed by atoms with Gasteiger partial charge in [0.05, 0.1) is 6.54 Å². The molecule has 2 rings (SSSR count). The van der Waals surface area contributed by atoms with Crippen molar-refractivity contribution in [3.8, 4) is 0 Å². The predicted molar refractivity (Wildman–Crippen MR) is 67.9 cm³/mol. The quantitative estimate of drug-likeness (QED) is 0.913. The van der Waals surface area contributed by atoms with Gasteiger partial charge in [0.1, 0.15) is 0 Å². The predicted octanol–water partition coefficient (Wildman–Crippen LogP) is 2.55. The maximum atomic E-state index is 11.0. The molecule has 0 amide bonds. The van der Waals surface area contributed by atoms with E-state index in [1.165, 1.54) is 4.68 Å². The van der Waals surface area contributed by atoms with Crippen LogP contribution in [0.15, 0.2) is 33.3 Å². The van der Waals surface area contributed by atoms with Crippen LogP contribution in [0, 0.1) is 0 Å². The van der Waals surface area contributed by atoms with E-state index in [9.17, 15) is 4.79 Å². The summed E-state index contributed by atoms with van der Waals surface area (Å²) in [6.45, 7) is 0.369. The van der Waals surface area contributed by atoms with Crippen LogP contribution in [0.5, 0.6) is 0 Å². The molecule has 1 aromatic carbocycles. The molecule has 0 bridgehead atoms. The van der Waals surface area contributed by atoms with Gasteiger partial charge in [-0.1, -0.05) is 33.3 Å². The summed E-state index contributed by atoms with van der Waals surface area (Å²) in [5.41, 5.74) is 1.00. The Kier molecular flexibility index (Phi) is 3.58. The number of rotatable bonds is 3. The van der Waals surface area contributed by atoms with Gasteiger partial charge < -0.3 is 5.11 Å². The van der Waals surface area contributed by atoms with Crippen molar-refractivity contribution in [3.63, 3.8) is 0 Å². The average molecular weight is 361 g/mol. The number of aromatic carboxylic acids is 1. The molecular formula is C10H7Br2N3O2. The number of hydrogen-bond acceptors (Lipinski definition) is 3. The fourth-order valence-corrected chi connectivity index (χ4v) is 2.07. The van der Waals surface area contributed by atoms with Gasteiger partial charge >= 0.3 is 5.97 Å². The third kappa shape index (κ3) is 2.73. The summed E-state index contributed by atoms with van der Waals surface area (Å²) in [4.78, 5) is 11.0. The molecule has 88 valence electrons.